The average Bonchev–Trinajstić information content (AvgIpc) is 3.41. The maximum absolute atomic E-state index is 14.5. The van der Waals surface area contributed by atoms with Crippen molar-refractivity contribution >= 4 is 40.2 Å². The number of imide groups is 1. The molecule has 0 N–H and O–H groups in total. The van der Waals surface area contributed by atoms with E-state index in [0.717, 1.165) is 5.56 Å². The van der Waals surface area contributed by atoms with Gasteiger partial charge in [0.25, 0.3) is 23.3 Å². The Labute approximate surface area is 312 Å². The van der Waals surface area contributed by atoms with Gasteiger partial charge in [0, 0.05) is 37.7 Å². The number of carbonyl (C=O) groups excluding carboxylic acids is 3. The number of para-hydroxylation sites is 2. The summed E-state index contributed by atoms with van der Waals surface area (Å²) in [5.74, 6) is 0.876. The Morgan fingerprint density at radius 3 is 2.23 bits per heavy atom. The number of piperazine rings is 1. The molecule has 53 heavy (non-hydrogen) atoms. The third-order valence-corrected chi connectivity index (χ3v) is 10.0. The van der Waals surface area contributed by atoms with Crippen molar-refractivity contribution in [2.24, 2.45) is 0 Å². The topological polar surface area (TPSA) is 114 Å². The first-order valence-electron chi connectivity index (χ1n) is 17.8. The number of nitrogens with zero attached hydrogens (tertiary/aromatic N) is 5. The monoisotopic (exact) mass is 733 g/mol. The molecule has 3 heterocycles. The summed E-state index contributed by atoms with van der Waals surface area (Å²) in [6.07, 6.45) is 0.931. The van der Waals surface area contributed by atoms with Gasteiger partial charge in [0.1, 0.15) is 17.3 Å². The second-order valence-electron chi connectivity index (χ2n) is 13.2. The average molecular weight is 734 g/mol. The lowest BCUT2D eigenvalue weighted by Crippen LogP contribution is -2.51. The Morgan fingerprint density at radius 1 is 0.849 bits per heavy atom. The van der Waals surface area contributed by atoms with Gasteiger partial charge in [0.15, 0.2) is 6.61 Å². The first kappa shape index (κ1) is 35.9. The van der Waals surface area contributed by atoms with Gasteiger partial charge in [-0.2, -0.15) is 0 Å². The number of rotatable bonds is 12. The van der Waals surface area contributed by atoms with Crippen LogP contribution in [-0.2, 0) is 4.79 Å². The first-order chi connectivity index (χ1) is 25.7. The van der Waals surface area contributed by atoms with E-state index in [0.29, 0.717) is 95.7 Å². The predicted molar refractivity (Wildman–Crippen MR) is 202 cm³/mol. The largest absolute Gasteiger partial charge is 0.492 e. The zero-order valence-electron chi connectivity index (χ0n) is 29.7. The summed E-state index contributed by atoms with van der Waals surface area (Å²) in [4.78, 5) is 64.7. The van der Waals surface area contributed by atoms with Crippen molar-refractivity contribution in [2.75, 3.05) is 45.9 Å². The molecule has 2 aliphatic rings. The highest BCUT2D eigenvalue weighted by atomic mass is 35.5. The summed E-state index contributed by atoms with van der Waals surface area (Å²) < 4.78 is 13.4. The molecule has 4 aromatic carbocycles. The molecule has 3 amide bonds. The van der Waals surface area contributed by atoms with Gasteiger partial charge in [0.05, 0.1) is 40.4 Å². The summed E-state index contributed by atoms with van der Waals surface area (Å²) in [5.41, 5.74) is 2.70. The molecule has 0 saturated carbocycles. The van der Waals surface area contributed by atoms with Crippen LogP contribution in [0.1, 0.15) is 57.9 Å². The molecule has 1 saturated heterocycles. The van der Waals surface area contributed by atoms with Gasteiger partial charge < -0.3 is 14.4 Å². The van der Waals surface area contributed by atoms with Crippen molar-refractivity contribution < 1.29 is 23.9 Å². The molecule has 1 atom stereocenters. The number of hydrogen-bond donors (Lipinski definition) is 0. The summed E-state index contributed by atoms with van der Waals surface area (Å²) in [7, 11) is 0. The summed E-state index contributed by atoms with van der Waals surface area (Å²) in [6.45, 7) is 6.23. The van der Waals surface area contributed by atoms with Gasteiger partial charge in [-0.3, -0.25) is 33.5 Å². The fourth-order valence-electron chi connectivity index (χ4n) is 7.10. The highest BCUT2D eigenvalue weighted by Crippen LogP contribution is 2.32. The molecule has 11 nitrogen and oxygen atoms in total. The highest BCUT2D eigenvalue weighted by molar-refractivity contribution is 6.30. The van der Waals surface area contributed by atoms with Crippen LogP contribution in [0, 0.1) is 6.92 Å². The SMILES string of the molecule is CCOc1ccccc1-n1c(C(CCCN2C(=O)c3ccccc3C2=O)N2CCN(C(=O)COc3ccc(Cl)cc3)CC2)nc2cc(C)ccc2c1=O. The molecule has 0 aliphatic carbocycles. The van der Waals surface area contributed by atoms with Crippen LogP contribution in [0.15, 0.2) is 95.8 Å². The Balaban J connectivity index is 1.21. The number of carbonyl (C=O) groups is 3. The minimum atomic E-state index is -0.417. The lowest BCUT2D eigenvalue weighted by molar-refractivity contribution is -0.135. The molecule has 0 bridgehead atoms. The Hall–Kier alpha value is -5.52. The van der Waals surface area contributed by atoms with Crippen molar-refractivity contribution in [3.8, 4) is 17.2 Å². The number of benzene rings is 4. The molecule has 272 valence electrons. The van der Waals surface area contributed by atoms with Gasteiger partial charge in [0.2, 0.25) is 0 Å². The number of aryl methyl sites for hydroxylation is 1. The van der Waals surface area contributed by atoms with Crippen LogP contribution in [0.2, 0.25) is 5.02 Å². The van der Waals surface area contributed by atoms with E-state index in [4.69, 9.17) is 26.1 Å². The van der Waals surface area contributed by atoms with Crippen LogP contribution in [0.3, 0.4) is 0 Å². The maximum atomic E-state index is 14.5. The zero-order chi connectivity index (χ0) is 37.1. The van der Waals surface area contributed by atoms with Crippen molar-refractivity contribution in [1.82, 2.24) is 24.3 Å². The van der Waals surface area contributed by atoms with Crippen LogP contribution < -0.4 is 15.0 Å². The molecule has 0 radical (unpaired) electrons. The van der Waals surface area contributed by atoms with E-state index in [2.05, 4.69) is 4.90 Å². The van der Waals surface area contributed by atoms with E-state index in [1.807, 2.05) is 50.2 Å². The molecular weight excluding hydrogens is 694 g/mol. The van der Waals surface area contributed by atoms with Crippen molar-refractivity contribution in [3.63, 3.8) is 0 Å². The van der Waals surface area contributed by atoms with Crippen LogP contribution >= 0.6 is 11.6 Å². The smallest absolute Gasteiger partial charge is 0.266 e. The van der Waals surface area contributed by atoms with E-state index in [1.165, 1.54) is 4.90 Å². The molecule has 0 spiro atoms. The molecule has 12 heteroatoms. The third-order valence-electron chi connectivity index (χ3n) is 9.78. The molecule has 5 aromatic rings. The number of aromatic nitrogens is 2. The van der Waals surface area contributed by atoms with E-state index in [9.17, 15) is 19.2 Å². The van der Waals surface area contributed by atoms with Crippen LogP contribution in [-0.4, -0.2) is 87.9 Å². The van der Waals surface area contributed by atoms with Crippen LogP contribution in [0.25, 0.3) is 16.6 Å². The van der Waals surface area contributed by atoms with E-state index in [-0.39, 0.29) is 36.4 Å². The number of halogens is 1. The maximum Gasteiger partial charge on any atom is 0.266 e. The van der Waals surface area contributed by atoms with Gasteiger partial charge in [-0.15, -0.1) is 0 Å². The Bertz CT molecular complexity index is 2200. The second kappa shape index (κ2) is 15.6. The predicted octanol–water partition coefficient (Wildman–Crippen LogP) is 6.09. The standard InChI is InChI=1S/C41H40ClN5O6/c1-3-52-36-13-7-6-11-34(36)47-38(43-33-25-27(2)14-19-32(33)41(47)51)35(12-8-20-46-39(49)30-9-4-5-10-31(30)40(46)50)44-21-23-45(24-22-44)37(48)26-53-29-17-15-28(42)16-18-29/h4-7,9-11,13-19,25,35H,3,8,12,20-24,26H2,1-2H3. The molecule has 7 rings (SSSR count). The lowest BCUT2D eigenvalue weighted by atomic mass is 10.0. The molecule has 1 aromatic heterocycles. The van der Waals surface area contributed by atoms with Gasteiger partial charge >= 0.3 is 0 Å². The number of hydrogen-bond acceptors (Lipinski definition) is 8. The highest BCUT2D eigenvalue weighted by Gasteiger charge is 2.36. The van der Waals surface area contributed by atoms with Crippen molar-refractivity contribution in [2.45, 2.75) is 32.7 Å². The molecule has 2 aliphatic heterocycles. The second-order valence-corrected chi connectivity index (χ2v) is 13.6. The molecular formula is C41H40ClN5O6. The van der Waals surface area contributed by atoms with Gasteiger partial charge in [-0.25, -0.2) is 4.98 Å². The fraction of sp³-hybridized carbons (Fsp3) is 0.293. The molecule has 1 unspecified atom stereocenters. The van der Waals surface area contributed by atoms with Crippen LogP contribution in [0.5, 0.6) is 11.5 Å². The third kappa shape index (κ3) is 7.40. The lowest BCUT2D eigenvalue weighted by Gasteiger charge is -2.39. The van der Waals surface area contributed by atoms with E-state index >= 15 is 0 Å². The van der Waals surface area contributed by atoms with Gasteiger partial charge in [-0.05, 0) is 92.9 Å². The van der Waals surface area contributed by atoms with Crippen LogP contribution in [0.4, 0.5) is 0 Å². The quantitative estimate of drug-likeness (QED) is 0.142. The Kier molecular flexibility index (Phi) is 10.6. The minimum absolute atomic E-state index is 0.106. The normalized spacial score (nSPS) is 15.2. The summed E-state index contributed by atoms with van der Waals surface area (Å²) in [5, 5.41) is 1.06. The summed E-state index contributed by atoms with van der Waals surface area (Å²) >= 11 is 5.99. The van der Waals surface area contributed by atoms with Gasteiger partial charge in [-0.1, -0.05) is 41.9 Å². The van der Waals surface area contributed by atoms with Crippen molar-refractivity contribution in [3.05, 3.63) is 129 Å². The van der Waals surface area contributed by atoms with E-state index < -0.39 is 6.04 Å². The van der Waals surface area contributed by atoms with E-state index in [1.54, 1.807) is 64.1 Å². The minimum Gasteiger partial charge on any atom is -0.492 e. The summed E-state index contributed by atoms with van der Waals surface area (Å²) in [6, 6.07) is 26.3. The number of ether oxygens (including phenoxy) is 2. The fourth-order valence-corrected chi connectivity index (χ4v) is 7.22. The number of amides is 3. The van der Waals surface area contributed by atoms with Crippen molar-refractivity contribution in [1.29, 1.82) is 0 Å². The Morgan fingerprint density at radius 2 is 1.53 bits per heavy atom. The number of fused-ring (bicyclic) bond motifs is 2. The first-order valence-corrected chi connectivity index (χ1v) is 18.2. The molecule has 1 fully saturated rings. The zero-order valence-corrected chi connectivity index (χ0v) is 30.4.